The van der Waals surface area contributed by atoms with E-state index in [-0.39, 0.29) is 18.3 Å². The molecule has 5 heteroatoms. The van der Waals surface area contributed by atoms with E-state index in [1.165, 1.54) is 12.1 Å². The molecule has 0 aliphatic heterocycles. The largest absolute Gasteiger partial charge is 0.376 e. The van der Waals surface area contributed by atoms with Gasteiger partial charge in [0.2, 0.25) is 5.91 Å². The summed E-state index contributed by atoms with van der Waals surface area (Å²) in [6.07, 6.45) is 0. The summed E-state index contributed by atoms with van der Waals surface area (Å²) < 4.78 is 13.7. The van der Waals surface area contributed by atoms with Gasteiger partial charge in [-0.2, -0.15) is 0 Å². The van der Waals surface area contributed by atoms with Gasteiger partial charge in [-0.3, -0.25) is 4.79 Å². The molecule has 0 aromatic heterocycles. The summed E-state index contributed by atoms with van der Waals surface area (Å²) in [5, 5.41) is 5.71. The summed E-state index contributed by atoms with van der Waals surface area (Å²) in [5.41, 5.74) is 2.53. The second-order valence-corrected chi connectivity index (χ2v) is 5.23. The lowest BCUT2D eigenvalue weighted by molar-refractivity contribution is -0.114. The number of amides is 1. The lowest BCUT2D eigenvalue weighted by atomic mass is 10.2. The normalized spacial score (nSPS) is 10.2. The van der Waals surface area contributed by atoms with Gasteiger partial charge in [0, 0.05) is 15.8 Å². The third-order valence-corrected chi connectivity index (χ3v) is 3.61. The summed E-state index contributed by atoms with van der Waals surface area (Å²) >= 11 is 3.42. The fraction of sp³-hybridized carbons (Fsp3) is 0.133. The van der Waals surface area contributed by atoms with Crippen molar-refractivity contribution in [2.75, 3.05) is 17.2 Å². The second kappa shape index (κ2) is 6.52. The summed E-state index contributed by atoms with van der Waals surface area (Å²) in [5.74, 6) is -0.463. The van der Waals surface area contributed by atoms with Crippen molar-refractivity contribution >= 4 is 33.2 Å². The highest BCUT2D eigenvalue weighted by atomic mass is 79.9. The minimum atomic E-state index is -0.301. The number of hydrogen-bond acceptors (Lipinski definition) is 2. The molecule has 3 nitrogen and oxygen atoms in total. The topological polar surface area (TPSA) is 41.1 Å². The predicted molar refractivity (Wildman–Crippen MR) is 82.4 cm³/mol. The van der Waals surface area contributed by atoms with Crippen LogP contribution >= 0.6 is 15.9 Å². The molecule has 0 saturated heterocycles. The molecule has 0 atom stereocenters. The summed E-state index contributed by atoms with van der Waals surface area (Å²) in [6, 6.07) is 11.5. The highest BCUT2D eigenvalue weighted by molar-refractivity contribution is 9.10. The van der Waals surface area contributed by atoms with E-state index >= 15 is 0 Å². The van der Waals surface area contributed by atoms with Crippen molar-refractivity contribution in [1.29, 1.82) is 0 Å². The Hall–Kier alpha value is -1.88. The molecule has 0 aliphatic rings. The van der Waals surface area contributed by atoms with Crippen molar-refractivity contribution in [3.63, 3.8) is 0 Å². The zero-order valence-electron chi connectivity index (χ0n) is 10.9. The van der Waals surface area contributed by atoms with Crippen LogP contribution in [0.25, 0.3) is 0 Å². The molecule has 2 aromatic rings. The Balaban J connectivity index is 1.89. The van der Waals surface area contributed by atoms with E-state index in [2.05, 4.69) is 26.6 Å². The third-order valence-electron chi connectivity index (χ3n) is 2.75. The van der Waals surface area contributed by atoms with Gasteiger partial charge in [-0.15, -0.1) is 0 Å². The van der Waals surface area contributed by atoms with Gasteiger partial charge < -0.3 is 10.6 Å². The van der Waals surface area contributed by atoms with Crippen LogP contribution in [0.2, 0.25) is 0 Å². The average molecular weight is 337 g/mol. The summed E-state index contributed by atoms with van der Waals surface area (Å²) in [6.45, 7) is 2.10. The maximum absolute atomic E-state index is 12.7. The monoisotopic (exact) mass is 336 g/mol. The van der Waals surface area contributed by atoms with E-state index in [0.717, 1.165) is 15.7 Å². The van der Waals surface area contributed by atoms with Crippen molar-refractivity contribution in [3.8, 4) is 0 Å². The Morgan fingerprint density at radius 2 is 1.80 bits per heavy atom. The average Bonchev–Trinajstić information content (AvgIpc) is 2.42. The second-order valence-electron chi connectivity index (χ2n) is 4.37. The van der Waals surface area contributed by atoms with Gasteiger partial charge in [-0.05, 0) is 48.9 Å². The first-order valence-electron chi connectivity index (χ1n) is 6.10. The smallest absolute Gasteiger partial charge is 0.243 e. The number of benzene rings is 2. The lowest BCUT2D eigenvalue weighted by Crippen LogP contribution is -2.21. The highest BCUT2D eigenvalue weighted by Crippen LogP contribution is 2.20. The summed E-state index contributed by atoms with van der Waals surface area (Å²) in [4.78, 5) is 11.8. The van der Waals surface area contributed by atoms with Crippen LogP contribution in [0.3, 0.4) is 0 Å². The van der Waals surface area contributed by atoms with E-state index in [1.807, 2.05) is 25.1 Å². The van der Waals surface area contributed by atoms with Gasteiger partial charge in [0.25, 0.3) is 0 Å². The van der Waals surface area contributed by atoms with Gasteiger partial charge >= 0.3 is 0 Å². The number of anilines is 2. The Labute approximate surface area is 125 Å². The zero-order valence-corrected chi connectivity index (χ0v) is 12.5. The molecular formula is C15H14BrFN2O. The lowest BCUT2D eigenvalue weighted by Gasteiger charge is -2.09. The number of aryl methyl sites for hydroxylation is 1. The quantitative estimate of drug-likeness (QED) is 0.887. The molecule has 0 fully saturated rings. The van der Waals surface area contributed by atoms with E-state index < -0.39 is 0 Å². The molecule has 20 heavy (non-hydrogen) atoms. The van der Waals surface area contributed by atoms with Crippen molar-refractivity contribution in [3.05, 3.63) is 58.3 Å². The van der Waals surface area contributed by atoms with Crippen molar-refractivity contribution in [1.82, 2.24) is 0 Å². The molecule has 104 valence electrons. The van der Waals surface area contributed by atoms with Crippen LogP contribution in [0.5, 0.6) is 0 Å². The Bertz CT molecular complexity index is 614. The fourth-order valence-corrected chi connectivity index (χ4v) is 2.00. The van der Waals surface area contributed by atoms with Gasteiger partial charge in [-0.1, -0.05) is 22.0 Å². The van der Waals surface area contributed by atoms with Crippen LogP contribution in [0, 0.1) is 12.7 Å². The van der Waals surface area contributed by atoms with Crippen LogP contribution in [0.15, 0.2) is 46.9 Å². The van der Waals surface area contributed by atoms with Crippen LogP contribution in [0.1, 0.15) is 5.56 Å². The predicted octanol–water partition coefficient (Wildman–Crippen LogP) is 3.95. The fourth-order valence-electron chi connectivity index (χ4n) is 1.63. The minimum absolute atomic E-state index is 0.122. The number of carbonyl (C=O) groups is 1. The van der Waals surface area contributed by atoms with Crippen molar-refractivity contribution in [2.45, 2.75) is 6.92 Å². The molecule has 0 bridgehead atoms. The first kappa shape index (κ1) is 14.5. The molecule has 0 saturated carbocycles. The van der Waals surface area contributed by atoms with Crippen LogP contribution in [-0.2, 0) is 4.79 Å². The Morgan fingerprint density at radius 1 is 1.15 bits per heavy atom. The standard InChI is InChI=1S/C15H14BrFN2O/c1-10-2-5-13(8-14(10)16)19-15(20)9-18-12-6-3-11(17)4-7-12/h2-8,18H,9H2,1H3,(H,19,20). The van der Waals surface area contributed by atoms with Crippen molar-refractivity contribution in [2.24, 2.45) is 0 Å². The first-order valence-corrected chi connectivity index (χ1v) is 6.89. The van der Waals surface area contributed by atoms with Gasteiger partial charge in [0.05, 0.1) is 6.54 Å². The Morgan fingerprint density at radius 3 is 2.45 bits per heavy atom. The minimum Gasteiger partial charge on any atom is -0.376 e. The number of hydrogen-bond donors (Lipinski definition) is 2. The SMILES string of the molecule is Cc1ccc(NC(=O)CNc2ccc(F)cc2)cc1Br. The van der Waals surface area contributed by atoms with Crippen LogP contribution < -0.4 is 10.6 Å². The van der Waals surface area contributed by atoms with E-state index in [0.29, 0.717) is 5.69 Å². The molecular weight excluding hydrogens is 323 g/mol. The molecule has 1 amide bonds. The maximum atomic E-state index is 12.7. The molecule has 0 aliphatic carbocycles. The number of carbonyl (C=O) groups excluding carboxylic acids is 1. The maximum Gasteiger partial charge on any atom is 0.243 e. The molecule has 2 N–H and O–H groups in total. The highest BCUT2D eigenvalue weighted by Gasteiger charge is 2.04. The molecule has 2 rings (SSSR count). The molecule has 0 unspecified atom stereocenters. The van der Waals surface area contributed by atoms with Gasteiger partial charge in [0.1, 0.15) is 5.82 Å². The van der Waals surface area contributed by atoms with E-state index in [4.69, 9.17) is 0 Å². The van der Waals surface area contributed by atoms with Crippen LogP contribution in [-0.4, -0.2) is 12.5 Å². The molecule has 2 aromatic carbocycles. The number of halogens is 2. The Kier molecular flexibility index (Phi) is 4.74. The van der Waals surface area contributed by atoms with Crippen molar-refractivity contribution < 1.29 is 9.18 Å². The van der Waals surface area contributed by atoms with Crippen LogP contribution in [0.4, 0.5) is 15.8 Å². The van der Waals surface area contributed by atoms with Gasteiger partial charge in [-0.25, -0.2) is 4.39 Å². The summed E-state index contributed by atoms with van der Waals surface area (Å²) in [7, 11) is 0. The van der Waals surface area contributed by atoms with E-state index in [9.17, 15) is 9.18 Å². The first-order chi connectivity index (χ1) is 9.54. The molecule has 0 radical (unpaired) electrons. The zero-order chi connectivity index (χ0) is 14.5. The third kappa shape index (κ3) is 4.06. The van der Waals surface area contributed by atoms with E-state index in [1.54, 1.807) is 12.1 Å². The number of nitrogens with one attached hydrogen (secondary N) is 2. The number of rotatable bonds is 4. The molecule has 0 heterocycles. The van der Waals surface area contributed by atoms with Gasteiger partial charge in [0.15, 0.2) is 0 Å². The molecule has 0 spiro atoms.